The lowest BCUT2D eigenvalue weighted by atomic mass is 9.91. The number of rotatable bonds is 28. The van der Waals surface area contributed by atoms with E-state index in [1.165, 1.54) is 7.11 Å². The minimum absolute atomic E-state index is 0.0822. The fraction of sp³-hybridized carbons (Fsp3) is 0.686. The number of carbonyl (C=O) groups excluding carboxylic acids is 3. The summed E-state index contributed by atoms with van der Waals surface area (Å²) in [5, 5.41) is 35.1. The van der Waals surface area contributed by atoms with Crippen LogP contribution in [0.4, 0.5) is 9.59 Å². The van der Waals surface area contributed by atoms with Crippen molar-refractivity contribution in [1.82, 2.24) is 10.6 Å². The van der Waals surface area contributed by atoms with E-state index in [4.69, 9.17) is 33.2 Å². The van der Waals surface area contributed by atoms with Gasteiger partial charge in [-0.25, -0.2) is 19.2 Å². The molecule has 0 aromatic heterocycles. The van der Waals surface area contributed by atoms with Gasteiger partial charge in [-0.15, -0.1) is 0 Å². The number of carboxylic acid groups (broad SMARTS) is 1. The minimum atomic E-state index is -1.16. The number of aliphatic hydroxyl groups excluding tert-OH is 2. The summed E-state index contributed by atoms with van der Waals surface area (Å²) in [6.45, 7) is 24.0. The van der Waals surface area contributed by atoms with Gasteiger partial charge in [0, 0.05) is 51.1 Å². The number of nitrogens with one attached hydrogen (secondary N) is 2. The summed E-state index contributed by atoms with van der Waals surface area (Å²) in [7, 11) is 1.27. The molecule has 0 spiro atoms. The van der Waals surface area contributed by atoms with Crippen molar-refractivity contribution in [2.24, 2.45) is 23.7 Å². The normalized spacial score (nSPS) is 15.4. The van der Waals surface area contributed by atoms with Crippen LogP contribution in [0.15, 0.2) is 60.7 Å². The van der Waals surface area contributed by atoms with E-state index in [0.717, 1.165) is 11.1 Å². The lowest BCUT2D eigenvalue weighted by Crippen LogP contribution is -2.44. The third kappa shape index (κ3) is 28.6. The highest BCUT2D eigenvalue weighted by atomic mass is 16.6. The maximum Gasteiger partial charge on any atom is 0.408 e. The van der Waals surface area contributed by atoms with Gasteiger partial charge < -0.3 is 59.1 Å². The van der Waals surface area contributed by atoms with Crippen molar-refractivity contribution < 1.29 is 67.7 Å². The Kier molecular flexibility index (Phi) is 28.7. The molecule has 2 amide bonds. The molecule has 0 saturated heterocycles. The van der Waals surface area contributed by atoms with Crippen LogP contribution < -0.4 is 10.6 Å². The number of ether oxygens (including phenoxy) is 7. The average Bonchev–Trinajstić information content (AvgIpc) is 3.21. The molecule has 0 bridgehead atoms. The van der Waals surface area contributed by atoms with E-state index in [-0.39, 0.29) is 44.5 Å². The highest BCUT2D eigenvalue weighted by molar-refractivity contribution is 5.81. The van der Waals surface area contributed by atoms with Crippen LogP contribution in [0, 0.1) is 23.7 Å². The molecule has 2 rings (SSSR count). The van der Waals surface area contributed by atoms with Crippen molar-refractivity contribution in [3.8, 4) is 0 Å². The topological polar surface area (TPSA) is 218 Å². The van der Waals surface area contributed by atoms with E-state index in [2.05, 4.69) is 24.5 Å². The summed E-state index contributed by atoms with van der Waals surface area (Å²) in [4.78, 5) is 47.7. The highest BCUT2D eigenvalue weighted by Gasteiger charge is 2.31. The molecule has 0 radical (unpaired) electrons. The molecule has 16 heteroatoms. The molecule has 67 heavy (non-hydrogen) atoms. The van der Waals surface area contributed by atoms with Gasteiger partial charge in [0.2, 0.25) is 0 Å². The summed E-state index contributed by atoms with van der Waals surface area (Å²) in [6, 6.07) is 17.8. The summed E-state index contributed by atoms with van der Waals surface area (Å²) in [5.74, 6) is -1.31. The maximum atomic E-state index is 12.1. The lowest BCUT2D eigenvalue weighted by Gasteiger charge is -2.30. The third-order valence-corrected chi connectivity index (χ3v) is 9.74. The molecule has 0 unspecified atom stereocenters. The predicted octanol–water partition coefficient (Wildman–Crippen LogP) is 7.39. The van der Waals surface area contributed by atoms with Gasteiger partial charge in [0.05, 0.1) is 44.7 Å². The zero-order valence-electron chi connectivity index (χ0n) is 42.5. The van der Waals surface area contributed by atoms with Gasteiger partial charge >= 0.3 is 24.1 Å². The van der Waals surface area contributed by atoms with Gasteiger partial charge in [-0.3, -0.25) is 0 Å². The van der Waals surface area contributed by atoms with Gasteiger partial charge in [0.25, 0.3) is 0 Å². The van der Waals surface area contributed by atoms with Crippen molar-refractivity contribution in [3.05, 3.63) is 71.8 Å². The smallest absolute Gasteiger partial charge is 0.408 e. The second kappa shape index (κ2) is 31.7. The van der Waals surface area contributed by atoms with Gasteiger partial charge in [-0.1, -0.05) is 88.4 Å². The molecule has 8 atom stereocenters. The van der Waals surface area contributed by atoms with E-state index in [1.807, 2.05) is 74.5 Å². The van der Waals surface area contributed by atoms with Crippen LogP contribution >= 0.6 is 0 Å². The Balaban J connectivity index is 0.000000670. The van der Waals surface area contributed by atoms with Gasteiger partial charge in [-0.2, -0.15) is 0 Å². The van der Waals surface area contributed by atoms with E-state index < -0.39 is 71.8 Å². The Hall–Kier alpha value is -4.32. The highest BCUT2D eigenvalue weighted by Crippen LogP contribution is 2.22. The molecule has 0 fully saturated rings. The number of aliphatic hydroxyl groups is 2. The summed E-state index contributed by atoms with van der Waals surface area (Å²) in [6.07, 6.45) is -2.06. The van der Waals surface area contributed by atoms with Gasteiger partial charge in [-0.05, 0) is 91.2 Å². The monoisotopic (exact) mass is 949 g/mol. The summed E-state index contributed by atoms with van der Waals surface area (Å²) >= 11 is 0. The number of alkyl carbamates (subject to hydrolysis) is 2. The zero-order chi connectivity index (χ0) is 50.7. The largest absolute Gasteiger partial charge is 0.480 e. The number of carboxylic acids is 1. The number of esters is 1. The Morgan fingerprint density at radius 1 is 0.567 bits per heavy atom. The molecule has 0 aliphatic heterocycles. The van der Waals surface area contributed by atoms with Crippen LogP contribution in [0.2, 0.25) is 0 Å². The van der Waals surface area contributed by atoms with Crippen molar-refractivity contribution in [3.63, 3.8) is 0 Å². The number of hydrogen-bond acceptors (Lipinski definition) is 13. The van der Waals surface area contributed by atoms with Crippen LogP contribution in [-0.4, -0.2) is 134 Å². The van der Waals surface area contributed by atoms with Gasteiger partial charge in [0.15, 0.2) is 0 Å². The average molecular weight is 949 g/mol. The SMILES string of the molecule is CC(C)CO[C@H]([C@H](COCC[C@H](NC(=O)OC(C)(C)C)C(=O)O)Cc1ccccc1)[C@H](C)O.COC(=O)[C@H](CCOC[C@H](Cc1ccccc1)[C@@H](OCC(C)C)[C@H](C)O)NC(=O)OC(C)(C)C. The van der Waals surface area contributed by atoms with Crippen LogP contribution in [0.1, 0.15) is 107 Å². The van der Waals surface area contributed by atoms with Crippen molar-refractivity contribution in [2.45, 2.75) is 156 Å². The molecule has 0 saturated carbocycles. The minimum Gasteiger partial charge on any atom is -0.480 e. The summed E-state index contributed by atoms with van der Waals surface area (Å²) in [5.41, 5.74) is 0.812. The van der Waals surface area contributed by atoms with Crippen molar-refractivity contribution in [1.29, 1.82) is 0 Å². The van der Waals surface area contributed by atoms with Gasteiger partial charge in [0.1, 0.15) is 23.3 Å². The van der Waals surface area contributed by atoms with E-state index >= 15 is 0 Å². The van der Waals surface area contributed by atoms with E-state index in [0.29, 0.717) is 44.5 Å². The van der Waals surface area contributed by atoms with Crippen molar-refractivity contribution >= 4 is 24.1 Å². The fourth-order valence-corrected chi connectivity index (χ4v) is 6.74. The number of benzene rings is 2. The number of aliphatic carboxylic acids is 1. The second-order valence-corrected chi connectivity index (χ2v) is 19.8. The van der Waals surface area contributed by atoms with Crippen LogP contribution in [0.5, 0.6) is 0 Å². The standard InChI is InChI=1S/C26H43NO7.C25H41NO7/c1-18(2)16-33-23(19(3)28)21(15-20-11-9-8-10-12-20)17-32-14-13-22(24(29)31-7)27-25(30)34-26(4,5)6;1-17(2)15-32-22(18(3)27)20(14-19-10-8-7-9-11-19)16-31-13-12-21(23(28)29)26-24(30)33-25(4,5)6/h8-12,18-19,21-23,28H,13-17H2,1-7H3,(H,27,30);7-11,17-18,20-22,27H,12-16H2,1-6H3,(H,26,30)(H,28,29)/t19-,21-,22-,23-;18-,20-,21-,22-/m00/s1. The molecule has 2 aromatic carbocycles. The molecule has 2 aromatic rings. The Morgan fingerprint density at radius 3 is 1.24 bits per heavy atom. The predicted molar refractivity (Wildman–Crippen MR) is 257 cm³/mol. The van der Waals surface area contributed by atoms with E-state index in [9.17, 15) is 34.5 Å². The Labute approximate surface area is 400 Å². The quantitative estimate of drug-likeness (QED) is 0.0319. The Morgan fingerprint density at radius 2 is 0.925 bits per heavy atom. The number of hydrogen-bond donors (Lipinski definition) is 5. The van der Waals surface area contributed by atoms with Crippen molar-refractivity contribution in [2.75, 3.05) is 46.8 Å². The number of carbonyl (C=O) groups is 4. The first-order chi connectivity index (χ1) is 31.3. The molecule has 16 nitrogen and oxygen atoms in total. The van der Waals surface area contributed by atoms with Crippen LogP contribution in [-0.2, 0) is 55.6 Å². The first-order valence-electron chi connectivity index (χ1n) is 23.4. The molecular formula is C51H84N2O14. The second-order valence-electron chi connectivity index (χ2n) is 19.8. The number of methoxy groups -OCH3 is 1. The van der Waals surface area contributed by atoms with Crippen LogP contribution in [0.25, 0.3) is 0 Å². The Bertz CT molecular complexity index is 1660. The fourth-order valence-electron chi connectivity index (χ4n) is 6.74. The first-order valence-corrected chi connectivity index (χ1v) is 23.4. The maximum absolute atomic E-state index is 12.1. The molecule has 0 heterocycles. The molecule has 0 aliphatic rings. The zero-order valence-corrected chi connectivity index (χ0v) is 42.5. The third-order valence-electron chi connectivity index (χ3n) is 9.74. The molecule has 5 N–H and O–H groups in total. The first kappa shape index (κ1) is 60.7. The molecule has 382 valence electrons. The molecular weight excluding hydrogens is 865 g/mol. The van der Waals surface area contributed by atoms with Crippen LogP contribution in [0.3, 0.4) is 0 Å². The molecule has 0 aliphatic carbocycles. The summed E-state index contributed by atoms with van der Waals surface area (Å²) < 4.78 is 39.0. The lowest BCUT2D eigenvalue weighted by molar-refractivity contribution is -0.144. The number of amides is 2. The van der Waals surface area contributed by atoms with E-state index in [1.54, 1.807) is 55.4 Å².